The van der Waals surface area contributed by atoms with Crippen LogP contribution in [0.4, 0.5) is 5.82 Å². The van der Waals surface area contributed by atoms with Gasteiger partial charge in [0.1, 0.15) is 11.5 Å². The Morgan fingerprint density at radius 3 is 3.06 bits per heavy atom. The normalized spacial score (nSPS) is 10.3. The number of rotatable bonds is 7. The molecule has 1 heterocycles. The summed E-state index contributed by atoms with van der Waals surface area (Å²) < 4.78 is 0. The summed E-state index contributed by atoms with van der Waals surface area (Å²) in [7, 11) is 0. The number of hydrogen-bond donors (Lipinski definition) is 4. The van der Waals surface area contributed by atoms with Crippen molar-refractivity contribution in [3.63, 3.8) is 0 Å². The van der Waals surface area contributed by atoms with E-state index < -0.39 is 0 Å². The SMILES string of the molecule is Nc1cc(C(=O)NCCSCCCO)[nH]n1. The second-order valence-electron chi connectivity index (χ2n) is 3.15. The van der Waals surface area contributed by atoms with Crippen LogP contribution in [0.3, 0.4) is 0 Å². The van der Waals surface area contributed by atoms with Crippen LogP contribution in [0.15, 0.2) is 6.07 Å². The molecule has 0 atom stereocenters. The molecule has 1 aromatic rings. The second-order valence-corrected chi connectivity index (χ2v) is 4.38. The van der Waals surface area contributed by atoms with E-state index in [2.05, 4.69) is 15.5 Å². The number of nitrogens with two attached hydrogens (primary N) is 1. The van der Waals surface area contributed by atoms with Crippen LogP contribution in [0.2, 0.25) is 0 Å². The molecule has 0 aliphatic rings. The van der Waals surface area contributed by atoms with Crippen LogP contribution < -0.4 is 11.1 Å². The number of hydrogen-bond acceptors (Lipinski definition) is 5. The minimum atomic E-state index is -0.202. The van der Waals surface area contributed by atoms with Gasteiger partial charge in [0.05, 0.1) is 0 Å². The number of thioether (sulfide) groups is 1. The molecule has 0 aromatic carbocycles. The fourth-order valence-corrected chi connectivity index (χ4v) is 1.84. The van der Waals surface area contributed by atoms with E-state index in [4.69, 9.17) is 10.8 Å². The largest absolute Gasteiger partial charge is 0.396 e. The number of aliphatic hydroxyl groups is 1. The second kappa shape index (κ2) is 7.13. The molecule has 0 spiro atoms. The maximum atomic E-state index is 11.5. The minimum Gasteiger partial charge on any atom is -0.396 e. The number of carbonyl (C=O) groups excluding carboxylic acids is 1. The molecule has 7 heteroatoms. The van der Waals surface area contributed by atoms with Crippen LogP contribution in [-0.4, -0.2) is 45.9 Å². The Morgan fingerprint density at radius 1 is 1.62 bits per heavy atom. The fourth-order valence-electron chi connectivity index (χ4n) is 1.05. The average molecular weight is 244 g/mol. The number of aliphatic hydroxyl groups excluding tert-OH is 1. The Balaban J connectivity index is 2.11. The van der Waals surface area contributed by atoms with Gasteiger partial charge < -0.3 is 16.2 Å². The Bertz CT molecular complexity index is 329. The first-order valence-electron chi connectivity index (χ1n) is 5.01. The highest BCUT2D eigenvalue weighted by Crippen LogP contribution is 2.02. The molecule has 0 fully saturated rings. The van der Waals surface area contributed by atoms with Gasteiger partial charge in [0.15, 0.2) is 0 Å². The Labute approximate surface area is 98.0 Å². The number of H-pyrrole nitrogens is 1. The lowest BCUT2D eigenvalue weighted by Crippen LogP contribution is -2.26. The summed E-state index contributed by atoms with van der Waals surface area (Å²) >= 11 is 1.69. The Hall–Kier alpha value is -1.21. The third-order valence-corrected chi connectivity index (χ3v) is 2.89. The standard InChI is InChI=1S/C9H16N4O2S/c10-8-6-7(12-13-8)9(15)11-2-5-16-4-1-3-14/h6,14H,1-5H2,(H,11,15)(H3,10,12,13). The molecule has 1 aromatic heterocycles. The van der Waals surface area contributed by atoms with Crippen molar-refractivity contribution < 1.29 is 9.90 Å². The van der Waals surface area contributed by atoms with Crippen molar-refractivity contribution in [1.29, 1.82) is 0 Å². The first-order chi connectivity index (χ1) is 7.74. The highest BCUT2D eigenvalue weighted by molar-refractivity contribution is 7.99. The van der Waals surface area contributed by atoms with Crippen molar-refractivity contribution in [3.8, 4) is 0 Å². The molecule has 0 aliphatic heterocycles. The summed E-state index contributed by atoms with van der Waals surface area (Å²) in [5, 5.41) is 17.5. The summed E-state index contributed by atoms with van der Waals surface area (Å²) in [6.45, 7) is 0.806. The van der Waals surface area contributed by atoms with E-state index in [1.54, 1.807) is 11.8 Å². The lowest BCUT2D eigenvalue weighted by Gasteiger charge is -2.02. The van der Waals surface area contributed by atoms with Gasteiger partial charge in [-0.3, -0.25) is 9.89 Å². The van der Waals surface area contributed by atoms with Gasteiger partial charge in [-0.2, -0.15) is 16.9 Å². The third-order valence-electron chi connectivity index (χ3n) is 1.82. The fraction of sp³-hybridized carbons (Fsp3) is 0.556. The van der Waals surface area contributed by atoms with Crippen LogP contribution >= 0.6 is 11.8 Å². The van der Waals surface area contributed by atoms with Gasteiger partial charge >= 0.3 is 0 Å². The van der Waals surface area contributed by atoms with Crippen molar-refractivity contribution in [2.45, 2.75) is 6.42 Å². The minimum absolute atomic E-state index is 0.202. The average Bonchev–Trinajstić information content (AvgIpc) is 2.70. The number of aromatic amines is 1. The first-order valence-corrected chi connectivity index (χ1v) is 6.17. The number of amides is 1. The van der Waals surface area contributed by atoms with Crippen LogP contribution in [-0.2, 0) is 0 Å². The van der Waals surface area contributed by atoms with Crippen LogP contribution in [0.1, 0.15) is 16.9 Å². The summed E-state index contributed by atoms with van der Waals surface area (Å²) in [5.41, 5.74) is 5.75. The molecule has 1 rings (SSSR count). The summed E-state index contributed by atoms with van der Waals surface area (Å²) in [6.07, 6.45) is 0.787. The third kappa shape index (κ3) is 4.54. The van der Waals surface area contributed by atoms with E-state index >= 15 is 0 Å². The number of carbonyl (C=O) groups is 1. The molecule has 16 heavy (non-hydrogen) atoms. The van der Waals surface area contributed by atoms with E-state index in [1.807, 2.05) is 0 Å². The number of anilines is 1. The summed E-state index contributed by atoms with van der Waals surface area (Å²) in [6, 6.07) is 1.49. The van der Waals surface area contributed by atoms with Gasteiger partial charge in [0, 0.05) is 25.0 Å². The van der Waals surface area contributed by atoms with E-state index in [0.717, 1.165) is 17.9 Å². The zero-order valence-corrected chi connectivity index (χ0v) is 9.72. The number of nitrogen functional groups attached to an aromatic ring is 1. The molecular formula is C9H16N4O2S. The zero-order valence-electron chi connectivity index (χ0n) is 8.90. The topological polar surface area (TPSA) is 104 Å². The smallest absolute Gasteiger partial charge is 0.269 e. The molecule has 0 radical (unpaired) electrons. The molecule has 1 amide bonds. The van der Waals surface area contributed by atoms with Crippen LogP contribution in [0.25, 0.3) is 0 Å². The lowest BCUT2D eigenvalue weighted by molar-refractivity contribution is 0.0951. The Kier molecular flexibility index (Phi) is 5.73. The number of aromatic nitrogens is 2. The molecule has 0 unspecified atom stereocenters. The van der Waals surface area contributed by atoms with Gasteiger partial charge in [0.2, 0.25) is 0 Å². The molecule has 0 saturated carbocycles. The van der Waals surface area contributed by atoms with Crippen molar-refractivity contribution in [2.24, 2.45) is 0 Å². The molecule has 6 nitrogen and oxygen atoms in total. The quantitative estimate of drug-likeness (QED) is 0.499. The number of nitrogens with zero attached hydrogens (tertiary/aromatic N) is 1. The van der Waals surface area contributed by atoms with E-state index in [1.165, 1.54) is 6.07 Å². The van der Waals surface area contributed by atoms with Gasteiger partial charge in [-0.1, -0.05) is 0 Å². The molecule has 0 aliphatic carbocycles. The summed E-state index contributed by atoms with van der Waals surface area (Å²) in [4.78, 5) is 11.5. The Morgan fingerprint density at radius 2 is 2.44 bits per heavy atom. The van der Waals surface area contributed by atoms with Crippen molar-refractivity contribution in [2.75, 3.05) is 30.4 Å². The van der Waals surface area contributed by atoms with E-state index in [9.17, 15) is 4.79 Å². The number of nitrogens with one attached hydrogen (secondary N) is 2. The maximum absolute atomic E-state index is 11.5. The van der Waals surface area contributed by atoms with Crippen molar-refractivity contribution >= 4 is 23.5 Å². The molecule has 0 saturated heterocycles. The van der Waals surface area contributed by atoms with Crippen molar-refractivity contribution in [3.05, 3.63) is 11.8 Å². The van der Waals surface area contributed by atoms with E-state index in [0.29, 0.717) is 18.1 Å². The molecule has 0 bridgehead atoms. The first kappa shape index (κ1) is 12.9. The van der Waals surface area contributed by atoms with Gasteiger partial charge in [-0.25, -0.2) is 0 Å². The van der Waals surface area contributed by atoms with Crippen LogP contribution in [0, 0.1) is 0 Å². The van der Waals surface area contributed by atoms with E-state index in [-0.39, 0.29) is 12.5 Å². The highest BCUT2D eigenvalue weighted by atomic mass is 32.2. The monoisotopic (exact) mass is 244 g/mol. The highest BCUT2D eigenvalue weighted by Gasteiger charge is 2.07. The molecule has 5 N–H and O–H groups in total. The van der Waals surface area contributed by atoms with Gasteiger partial charge in [0.25, 0.3) is 5.91 Å². The molecular weight excluding hydrogens is 228 g/mol. The summed E-state index contributed by atoms with van der Waals surface area (Å²) in [5.74, 6) is 1.84. The predicted molar refractivity (Wildman–Crippen MR) is 64.4 cm³/mol. The van der Waals surface area contributed by atoms with Gasteiger partial charge in [-0.05, 0) is 12.2 Å². The molecule has 90 valence electrons. The predicted octanol–water partition coefficient (Wildman–Crippen LogP) is -0.163. The maximum Gasteiger partial charge on any atom is 0.269 e. The lowest BCUT2D eigenvalue weighted by atomic mass is 10.4. The van der Waals surface area contributed by atoms with Crippen LogP contribution in [0.5, 0.6) is 0 Å². The zero-order chi connectivity index (χ0) is 11.8. The van der Waals surface area contributed by atoms with Crippen molar-refractivity contribution in [1.82, 2.24) is 15.5 Å². The van der Waals surface area contributed by atoms with Gasteiger partial charge in [-0.15, -0.1) is 0 Å².